The fourth-order valence-electron chi connectivity index (χ4n) is 2.16. The van der Waals surface area contributed by atoms with Gasteiger partial charge in [0.25, 0.3) is 5.91 Å². The molecule has 142 valence electrons. The highest BCUT2D eigenvalue weighted by molar-refractivity contribution is 6.09. The maximum atomic E-state index is 12.0. The molecule has 1 heterocycles. The van der Waals surface area contributed by atoms with Gasteiger partial charge < -0.3 is 26.6 Å². The number of carbonyl (C=O) groups is 4. The number of rotatable bonds is 9. The first-order chi connectivity index (χ1) is 12.2. The predicted octanol–water partition coefficient (Wildman–Crippen LogP) is -1.58. The van der Waals surface area contributed by atoms with Gasteiger partial charge in [-0.2, -0.15) is 0 Å². The fourth-order valence-corrected chi connectivity index (χ4v) is 2.16. The number of nitrogens with one attached hydrogen (secondary N) is 1. The van der Waals surface area contributed by atoms with Crippen molar-refractivity contribution in [3.8, 4) is 0 Å². The van der Waals surface area contributed by atoms with E-state index in [4.69, 9.17) is 16.2 Å². The number of aromatic nitrogens is 1. The second-order valence-corrected chi connectivity index (χ2v) is 5.62. The standard InChI is InChI=1S/C16H22N4O6/c1-8(2)26-14(24)6-19-13(23)4-11-15(16(18)25)10(12(22)5-17)3-9(7-21)20-11/h3,8,21H,4-7,17H2,1-2H3,(H2,18,25)(H,19,23). The Morgan fingerprint density at radius 2 is 1.96 bits per heavy atom. The summed E-state index contributed by atoms with van der Waals surface area (Å²) >= 11 is 0. The number of esters is 1. The Kier molecular flexibility index (Phi) is 7.81. The second-order valence-electron chi connectivity index (χ2n) is 5.62. The molecule has 0 fully saturated rings. The lowest BCUT2D eigenvalue weighted by Gasteiger charge is -2.13. The van der Waals surface area contributed by atoms with Gasteiger partial charge in [-0.1, -0.05) is 0 Å². The van der Waals surface area contributed by atoms with Crippen LogP contribution in [0.3, 0.4) is 0 Å². The van der Waals surface area contributed by atoms with Crippen molar-refractivity contribution in [3.63, 3.8) is 0 Å². The third-order valence-corrected chi connectivity index (χ3v) is 3.17. The normalized spacial score (nSPS) is 10.5. The number of primary amides is 1. The number of pyridine rings is 1. The zero-order valence-electron chi connectivity index (χ0n) is 14.6. The number of ether oxygens (including phenoxy) is 1. The van der Waals surface area contributed by atoms with Gasteiger partial charge in [-0.25, -0.2) is 0 Å². The highest BCUT2D eigenvalue weighted by atomic mass is 16.5. The first-order valence-corrected chi connectivity index (χ1v) is 7.82. The number of carbonyl (C=O) groups excluding carboxylic acids is 4. The van der Waals surface area contributed by atoms with E-state index >= 15 is 0 Å². The number of amides is 2. The number of Topliss-reactive ketones (excluding diaryl/α,β-unsaturated/α-hetero) is 1. The van der Waals surface area contributed by atoms with Gasteiger partial charge in [0.15, 0.2) is 5.78 Å². The Morgan fingerprint density at radius 3 is 2.46 bits per heavy atom. The van der Waals surface area contributed by atoms with Gasteiger partial charge in [0.05, 0.1) is 42.6 Å². The minimum absolute atomic E-state index is 0.0776. The third kappa shape index (κ3) is 5.90. The SMILES string of the molecule is CC(C)OC(=O)CNC(=O)Cc1nc(CO)cc(C(=O)CN)c1C(N)=O. The van der Waals surface area contributed by atoms with Crippen molar-refractivity contribution in [2.75, 3.05) is 13.1 Å². The molecule has 10 heteroatoms. The summed E-state index contributed by atoms with van der Waals surface area (Å²) < 4.78 is 4.88. The van der Waals surface area contributed by atoms with Crippen LogP contribution in [0.25, 0.3) is 0 Å². The molecule has 0 bridgehead atoms. The summed E-state index contributed by atoms with van der Waals surface area (Å²) in [5, 5.41) is 11.6. The molecular formula is C16H22N4O6. The minimum Gasteiger partial charge on any atom is -0.462 e. The van der Waals surface area contributed by atoms with Gasteiger partial charge in [-0.05, 0) is 19.9 Å². The van der Waals surface area contributed by atoms with Crippen LogP contribution in [0.5, 0.6) is 0 Å². The summed E-state index contributed by atoms with van der Waals surface area (Å²) in [6, 6.07) is 1.21. The van der Waals surface area contributed by atoms with Crippen molar-refractivity contribution in [1.29, 1.82) is 0 Å². The van der Waals surface area contributed by atoms with Gasteiger partial charge in [-0.3, -0.25) is 24.2 Å². The van der Waals surface area contributed by atoms with Crippen LogP contribution in [0.4, 0.5) is 0 Å². The Balaban J connectivity index is 3.07. The zero-order chi connectivity index (χ0) is 19.9. The van der Waals surface area contributed by atoms with Crippen molar-refractivity contribution >= 4 is 23.6 Å². The van der Waals surface area contributed by atoms with Crippen molar-refractivity contribution in [2.24, 2.45) is 11.5 Å². The lowest BCUT2D eigenvalue weighted by molar-refractivity contribution is -0.147. The first-order valence-electron chi connectivity index (χ1n) is 7.82. The molecule has 26 heavy (non-hydrogen) atoms. The number of ketones is 1. The summed E-state index contributed by atoms with van der Waals surface area (Å²) in [5.74, 6) is -2.81. The van der Waals surface area contributed by atoms with Crippen molar-refractivity contribution < 1.29 is 29.0 Å². The number of aliphatic hydroxyl groups excluding tert-OH is 1. The summed E-state index contributed by atoms with van der Waals surface area (Å²) in [4.78, 5) is 51.2. The molecule has 0 radical (unpaired) electrons. The molecule has 1 rings (SSSR count). The van der Waals surface area contributed by atoms with Crippen molar-refractivity contribution in [1.82, 2.24) is 10.3 Å². The zero-order valence-corrected chi connectivity index (χ0v) is 14.6. The van der Waals surface area contributed by atoms with E-state index in [1.807, 2.05) is 0 Å². The molecular weight excluding hydrogens is 344 g/mol. The molecule has 1 aromatic heterocycles. The Labute approximate surface area is 149 Å². The second kappa shape index (κ2) is 9.59. The van der Waals surface area contributed by atoms with Gasteiger partial charge in [-0.15, -0.1) is 0 Å². The number of nitrogens with zero attached hydrogens (tertiary/aromatic N) is 1. The minimum atomic E-state index is -0.958. The smallest absolute Gasteiger partial charge is 0.325 e. The Morgan fingerprint density at radius 1 is 1.31 bits per heavy atom. The van der Waals surface area contributed by atoms with E-state index in [1.54, 1.807) is 13.8 Å². The molecule has 0 spiro atoms. The average Bonchev–Trinajstić information content (AvgIpc) is 2.57. The van der Waals surface area contributed by atoms with Gasteiger partial charge >= 0.3 is 5.97 Å². The molecule has 6 N–H and O–H groups in total. The van der Waals surface area contributed by atoms with E-state index in [2.05, 4.69) is 10.3 Å². The predicted molar refractivity (Wildman–Crippen MR) is 90.0 cm³/mol. The van der Waals surface area contributed by atoms with E-state index in [-0.39, 0.29) is 41.7 Å². The quantitative estimate of drug-likeness (QED) is 0.299. The molecule has 0 atom stereocenters. The summed E-state index contributed by atoms with van der Waals surface area (Å²) in [7, 11) is 0. The maximum Gasteiger partial charge on any atom is 0.325 e. The lowest BCUT2D eigenvalue weighted by Crippen LogP contribution is -2.34. The largest absolute Gasteiger partial charge is 0.462 e. The van der Waals surface area contributed by atoms with Gasteiger partial charge in [0, 0.05) is 5.56 Å². The van der Waals surface area contributed by atoms with E-state index in [0.717, 1.165) is 0 Å². The maximum absolute atomic E-state index is 12.0. The molecule has 2 amide bonds. The lowest BCUT2D eigenvalue weighted by atomic mass is 9.98. The Bertz CT molecular complexity index is 717. The van der Waals surface area contributed by atoms with E-state index < -0.39 is 36.6 Å². The highest BCUT2D eigenvalue weighted by Gasteiger charge is 2.23. The molecule has 0 saturated heterocycles. The number of nitrogens with two attached hydrogens (primary N) is 2. The van der Waals surface area contributed by atoms with Crippen LogP contribution >= 0.6 is 0 Å². The monoisotopic (exact) mass is 366 g/mol. The van der Waals surface area contributed by atoms with E-state index in [1.165, 1.54) is 6.07 Å². The molecule has 10 nitrogen and oxygen atoms in total. The summed E-state index contributed by atoms with van der Waals surface area (Å²) in [6.07, 6.45) is -0.750. The molecule has 0 aliphatic carbocycles. The van der Waals surface area contributed by atoms with Gasteiger partial charge in [0.2, 0.25) is 5.91 Å². The molecule has 0 aliphatic rings. The molecule has 0 aliphatic heterocycles. The topological polar surface area (TPSA) is 175 Å². The van der Waals surface area contributed by atoms with E-state index in [9.17, 15) is 24.3 Å². The van der Waals surface area contributed by atoms with Gasteiger partial charge in [0.1, 0.15) is 6.54 Å². The summed E-state index contributed by atoms with van der Waals surface area (Å²) in [5.41, 5.74) is 10.3. The third-order valence-electron chi connectivity index (χ3n) is 3.17. The molecule has 0 unspecified atom stereocenters. The van der Waals surface area contributed by atoms with Crippen LogP contribution in [0.1, 0.15) is 46.0 Å². The summed E-state index contributed by atoms with van der Waals surface area (Å²) in [6.45, 7) is 2.07. The van der Waals surface area contributed by atoms with Crippen LogP contribution in [-0.4, -0.2) is 52.9 Å². The molecule has 1 aromatic rings. The fraction of sp³-hybridized carbons (Fsp3) is 0.438. The van der Waals surface area contributed by atoms with Crippen molar-refractivity contribution in [3.05, 3.63) is 28.6 Å². The highest BCUT2D eigenvalue weighted by Crippen LogP contribution is 2.16. The van der Waals surface area contributed by atoms with Crippen molar-refractivity contribution in [2.45, 2.75) is 33.0 Å². The average molecular weight is 366 g/mol. The number of hydrogen-bond donors (Lipinski definition) is 4. The van der Waals surface area contributed by atoms with Crippen LogP contribution < -0.4 is 16.8 Å². The van der Waals surface area contributed by atoms with Crippen LogP contribution in [0.2, 0.25) is 0 Å². The molecule has 0 aromatic carbocycles. The van der Waals surface area contributed by atoms with E-state index in [0.29, 0.717) is 0 Å². The number of aliphatic hydroxyl groups is 1. The van der Waals surface area contributed by atoms with Crippen LogP contribution in [0.15, 0.2) is 6.07 Å². The van der Waals surface area contributed by atoms with Crippen LogP contribution in [0, 0.1) is 0 Å². The van der Waals surface area contributed by atoms with Crippen LogP contribution in [-0.2, 0) is 27.4 Å². The Hall–Kier alpha value is -2.85. The molecule has 0 saturated carbocycles. The first kappa shape index (κ1) is 21.2. The number of hydrogen-bond acceptors (Lipinski definition) is 8.